The van der Waals surface area contributed by atoms with Crippen LogP contribution in [0.4, 0.5) is 5.69 Å². The van der Waals surface area contributed by atoms with Crippen LogP contribution in [-0.4, -0.2) is 37.9 Å². The number of rotatable bonds is 11. The summed E-state index contributed by atoms with van der Waals surface area (Å²) in [4.78, 5) is 17.9. The van der Waals surface area contributed by atoms with Gasteiger partial charge in [-0.3, -0.25) is 4.79 Å². The predicted octanol–water partition coefficient (Wildman–Crippen LogP) is 4.77. The van der Waals surface area contributed by atoms with Crippen molar-refractivity contribution in [2.24, 2.45) is 0 Å². The van der Waals surface area contributed by atoms with Gasteiger partial charge in [0.25, 0.3) is 5.56 Å². The van der Waals surface area contributed by atoms with Crippen LogP contribution in [0.1, 0.15) is 67.0 Å². The number of anilines is 1. The lowest BCUT2D eigenvalue weighted by Gasteiger charge is -2.37. The van der Waals surface area contributed by atoms with Crippen LogP contribution in [0.5, 0.6) is 5.75 Å². The van der Waals surface area contributed by atoms with Crippen LogP contribution in [-0.2, 0) is 17.8 Å². The molecule has 1 saturated carbocycles. The third-order valence-corrected chi connectivity index (χ3v) is 6.79. The molecule has 2 aromatic rings. The molecular weight excluding hydrogens is 414 g/mol. The number of nitrogens with one attached hydrogen (secondary N) is 2. The Morgan fingerprint density at radius 3 is 2.48 bits per heavy atom. The van der Waals surface area contributed by atoms with E-state index in [2.05, 4.69) is 41.2 Å². The van der Waals surface area contributed by atoms with Crippen molar-refractivity contribution in [3.63, 3.8) is 0 Å². The second-order valence-electron chi connectivity index (χ2n) is 9.19. The van der Waals surface area contributed by atoms with Gasteiger partial charge < -0.3 is 24.7 Å². The van der Waals surface area contributed by atoms with E-state index in [-0.39, 0.29) is 5.56 Å². The van der Waals surface area contributed by atoms with Crippen LogP contribution in [0, 0.1) is 20.8 Å². The summed E-state index contributed by atoms with van der Waals surface area (Å²) in [7, 11) is 1.69. The molecule has 1 aromatic carbocycles. The fraction of sp³-hybridized carbons (Fsp3) is 0.593. The van der Waals surface area contributed by atoms with Gasteiger partial charge in [0.05, 0.1) is 6.61 Å². The molecule has 2 N–H and O–H groups in total. The minimum Gasteiger partial charge on any atom is -0.491 e. The number of aryl methyl sites for hydroxylation is 2. The Balaban J connectivity index is 1.83. The monoisotopic (exact) mass is 455 g/mol. The normalized spacial score (nSPS) is 14.5. The molecule has 6 nitrogen and oxygen atoms in total. The fourth-order valence-electron chi connectivity index (χ4n) is 4.98. The molecule has 6 heteroatoms. The first-order valence-electron chi connectivity index (χ1n) is 12.4. The molecule has 0 bridgehead atoms. The molecule has 0 atom stereocenters. The molecule has 1 aliphatic rings. The molecule has 0 unspecified atom stereocenters. The molecule has 33 heavy (non-hydrogen) atoms. The van der Waals surface area contributed by atoms with Gasteiger partial charge in [-0.1, -0.05) is 19.3 Å². The highest BCUT2D eigenvalue weighted by atomic mass is 16.5. The highest BCUT2D eigenvalue weighted by Gasteiger charge is 2.23. The quantitative estimate of drug-likeness (QED) is 0.478. The summed E-state index contributed by atoms with van der Waals surface area (Å²) in [5.74, 6) is 0.878. The largest absolute Gasteiger partial charge is 0.491 e. The second-order valence-corrected chi connectivity index (χ2v) is 9.19. The van der Waals surface area contributed by atoms with E-state index in [9.17, 15) is 4.79 Å². The number of aromatic amines is 1. The van der Waals surface area contributed by atoms with Gasteiger partial charge in [0.15, 0.2) is 0 Å². The molecule has 0 aliphatic heterocycles. The van der Waals surface area contributed by atoms with Crippen LogP contribution in [0.3, 0.4) is 0 Å². The molecule has 1 aliphatic carbocycles. The lowest BCUT2D eigenvalue weighted by molar-refractivity contribution is 0.146. The van der Waals surface area contributed by atoms with Gasteiger partial charge in [0, 0.05) is 55.8 Å². The number of nitrogens with zero attached hydrogens (tertiary/aromatic N) is 1. The number of pyridine rings is 1. The number of hydrogen-bond acceptors (Lipinski definition) is 5. The third kappa shape index (κ3) is 6.61. The molecule has 1 fully saturated rings. The Morgan fingerprint density at radius 2 is 1.82 bits per heavy atom. The van der Waals surface area contributed by atoms with Crippen molar-refractivity contribution >= 4 is 5.69 Å². The molecule has 182 valence electrons. The molecule has 0 amide bonds. The van der Waals surface area contributed by atoms with Crippen LogP contribution in [0.25, 0.3) is 0 Å². The number of H-pyrrole nitrogens is 1. The van der Waals surface area contributed by atoms with Crippen molar-refractivity contribution in [3.05, 3.63) is 56.5 Å². The van der Waals surface area contributed by atoms with Crippen LogP contribution >= 0.6 is 0 Å². The minimum absolute atomic E-state index is 0.0106. The highest BCUT2D eigenvalue weighted by Crippen LogP contribution is 2.34. The van der Waals surface area contributed by atoms with Crippen molar-refractivity contribution in [2.75, 3.05) is 31.8 Å². The Labute approximate surface area is 198 Å². The summed E-state index contributed by atoms with van der Waals surface area (Å²) in [6, 6.07) is 6.94. The Bertz CT molecular complexity index is 964. The summed E-state index contributed by atoms with van der Waals surface area (Å²) in [6.45, 7) is 11.6. The third-order valence-electron chi connectivity index (χ3n) is 6.79. The fourth-order valence-corrected chi connectivity index (χ4v) is 4.98. The zero-order chi connectivity index (χ0) is 23.8. The summed E-state index contributed by atoms with van der Waals surface area (Å²) < 4.78 is 11.2. The van der Waals surface area contributed by atoms with Gasteiger partial charge in [0.2, 0.25) is 0 Å². The summed E-state index contributed by atoms with van der Waals surface area (Å²) >= 11 is 0. The van der Waals surface area contributed by atoms with Gasteiger partial charge in [-0.05, 0) is 69.4 Å². The number of hydrogen-bond donors (Lipinski definition) is 2. The van der Waals surface area contributed by atoms with Gasteiger partial charge >= 0.3 is 0 Å². The highest BCUT2D eigenvalue weighted by molar-refractivity contribution is 5.61. The Kier molecular flexibility index (Phi) is 9.39. The van der Waals surface area contributed by atoms with Crippen LogP contribution in [0.15, 0.2) is 23.0 Å². The number of benzene rings is 1. The van der Waals surface area contributed by atoms with E-state index in [1.165, 1.54) is 48.9 Å². The molecule has 3 rings (SSSR count). The van der Waals surface area contributed by atoms with E-state index in [1.54, 1.807) is 7.11 Å². The van der Waals surface area contributed by atoms with E-state index in [1.807, 2.05) is 19.9 Å². The zero-order valence-electron chi connectivity index (χ0n) is 21.1. The minimum atomic E-state index is -0.0106. The maximum atomic E-state index is 12.4. The molecule has 1 heterocycles. The number of methoxy groups -OCH3 is 1. The molecule has 0 spiro atoms. The molecule has 0 radical (unpaired) electrons. The van der Waals surface area contributed by atoms with E-state index in [4.69, 9.17) is 9.47 Å². The van der Waals surface area contributed by atoms with Crippen molar-refractivity contribution in [1.29, 1.82) is 0 Å². The van der Waals surface area contributed by atoms with Crippen molar-refractivity contribution in [2.45, 2.75) is 78.9 Å². The maximum absolute atomic E-state index is 12.4. The van der Waals surface area contributed by atoms with E-state index in [0.29, 0.717) is 32.3 Å². The standard InChI is InChI=1S/C27H41N3O3/c1-6-30(23-10-8-7-9-11-23)26-16-24(33-13-12-32-5)15-22(21(26)4)17-28-18-25-19(2)14-20(3)29-27(25)31/h14-16,23,28H,6-13,17-18H2,1-5H3,(H,29,31). The molecular formula is C27H41N3O3. The molecule has 1 aromatic heterocycles. The lowest BCUT2D eigenvalue weighted by atomic mass is 9.93. The first-order valence-corrected chi connectivity index (χ1v) is 12.4. The molecule has 0 saturated heterocycles. The van der Waals surface area contributed by atoms with Crippen molar-refractivity contribution in [3.8, 4) is 5.75 Å². The maximum Gasteiger partial charge on any atom is 0.252 e. The number of aromatic nitrogens is 1. The average molecular weight is 456 g/mol. The Hall–Kier alpha value is -2.31. The van der Waals surface area contributed by atoms with Gasteiger partial charge in [-0.2, -0.15) is 0 Å². The van der Waals surface area contributed by atoms with E-state index >= 15 is 0 Å². The summed E-state index contributed by atoms with van der Waals surface area (Å²) in [6.07, 6.45) is 6.47. The van der Waals surface area contributed by atoms with Gasteiger partial charge in [0.1, 0.15) is 12.4 Å². The van der Waals surface area contributed by atoms with Crippen LogP contribution in [0.2, 0.25) is 0 Å². The van der Waals surface area contributed by atoms with E-state index in [0.717, 1.165) is 29.1 Å². The van der Waals surface area contributed by atoms with Gasteiger partial charge in [-0.15, -0.1) is 0 Å². The first kappa shape index (κ1) is 25.3. The van der Waals surface area contributed by atoms with Crippen LogP contribution < -0.4 is 20.5 Å². The first-order chi connectivity index (χ1) is 15.9. The smallest absolute Gasteiger partial charge is 0.252 e. The van der Waals surface area contributed by atoms with E-state index < -0.39 is 0 Å². The zero-order valence-corrected chi connectivity index (χ0v) is 21.1. The second kappa shape index (κ2) is 12.2. The van der Waals surface area contributed by atoms with Crippen molar-refractivity contribution in [1.82, 2.24) is 10.3 Å². The lowest BCUT2D eigenvalue weighted by Crippen LogP contribution is -2.37. The predicted molar refractivity (Wildman–Crippen MR) is 136 cm³/mol. The topological polar surface area (TPSA) is 66.6 Å². The average Bonchev–Trinajstić information content (AvgIpc) is 2.79. The number of ether oxygens (including phenoxy) is 2. The summed E-state index contributed by atoms with van der Waals surface area (Å²) in [5, 5.41) is 3.50. The van der Waals surface area contributed by atoms with Gasteiger partial charge in [-0.25, -0.2) is 0 Å². The van der Waals surface area contributed by atoms with Crippen molar-refractivity contribution < 1.29 is 9.47 Å². The Morgan fingerprint density at radius 1 is 1.06 bits per heavy atom. The summed E-state index contributed by atoms with van der Waals surface area (Å²) in [5.41, 5.74) is 6.45. The SMILES string of the molecule is CCN(c1cc(OCCOC)cc(CNCc2c(C)cc(C)[nH]c2=O)c1C)C1CCCCC1.